The number of esters is 2. The highest BCUT2D eigenvalue weighted by Crippen LogP contribution is 2.13. The van der Waals surface area contributed by atoms with Gasteiger partial charge in [0.1, 0.15) is 0 Å². The van der Waals surface area contributed by atoms with Gasteiger partial charge in [0.25, 0.3) is 0 Å². The number of carbonyl (C=O) groups is 2. The zero-order valence-electron chi connectivity index (χ0n) is 14.6. The van der Waals surface area contributed by atoms with E-state index in [1.54, 1.807) is 20.8 Å². The second-order valence-corrected chi connectivity index (χ2v) is 3.84. The van der Waals surface area contributed by atoms with Gasteiger partial charge in [-0.05, 0) is 32.4 Å². The van der Waals surface area contributed by atoms with E-state index in [0.29, 0.717) is 6.42 Å². The molecular weight excluding hydrogens is 232 g/mol. The van der Waals surface area contributed by atoms with Crippen molar-refractivity contribution in [1.82, 2.24) is 0 Å². The molecule has 0 aliphatic heterocycles. The molecule has 0 fully saturated rings. The summed E-state index contributed by atoms with van der Waals surface area (Å²) >= 11 is 0. The van der Waals surface area contributed by atoms with Crippen LogP contribution in [-0.2, 0) is 9.47 Å². The molecule has 0 radical (unpaired) electrons. The fourth-order valence-electron chi connectivity index (χ4n) is 1.16. The molecule has 0 heterocycles. The number of hydrogen-bond donors (Lipinski definition) is 0. The van der Waals surface area contributed by atoms with Crippen LogP contribution >= 0.6 is 0 Å². The quantitative estimate of drug-likeness (QED) is 0.758. The molecule has 4 heteroatoms. The van der Waals surface area contributed by atoms with E-state index in [-0.39, 0.29) is 6.61 Å². The lowest BCUT2D eigenvalue weighted by molar-refractivity contribution is 0.0361. The third-order valence-electron chi connectivity index (χ3n) is 1.88. The standard InChI is InChI=1S/C14H18O4/c1-4-9-17-13(15)11-7-5-6-8-12(11)14(16)18-10(2)3/h5-8,10H,4,9H2,1-3H3/i5D,6D,7D,8D. The summed E-state index contributed by atoms with van der Waals surface area (Å²) in [4.78, 5) is 24.2. The maximum atomic E-state index is 12.1. The molecule has 4 nitrogen and oxygen atoms in total. The Bertz CT molecular complexity index is 599. The Labute approximate surface area is 113 Å². The molecule has 0 spiro atoms. The fourth-order valence-corrected chi connectivity index (χ4v) is 1.16. The largest absolute Gasteiger partial charge is 0.462 e. The average Bonchev–Trinajstić information content (AvgIpc) is 2.45. The van der Waals surface area contributed by atoms with Crippen molar-refractivity contribution in [2.45, 2.75) is 33.3 Å². The Balaban J connectivity index is 3.51. The van der Waals surface area contributed by atoms with Crippen LogP contribution in [0.1, 0.15) is 53.4 Å². The summed E-state index contributed by atoms with van der Waals surface area (Å²) in [6.45, 7) is 5.05. The van der Waals surface area contributed by atoms with Crippen molar-refractivity contribution in [2.24, 2.45) is 0 Å². The molecule has 0 aliphatic carbocycles. The minimum absolute atomic E-state index is 0.0836. The van der Waals surface area contributed by atoms with Crippen molar-refractivity contribution in [2.75, 3.05) is 6.61 Å². The lowest BCUT2D eigenvalue weighted by Gasteiger charge is -2.11. The van der Waals surface area contributed by atoms with Crippen LogP contribution in [0.4, 0.5) is 0 Å². The van der Waals surface area contributed by atoms with E-state index in [0.717, 1.165) is 0 Å². The molecule has 0 amide bonds. The maximum Gasteiger partial charge on any atom is 0.339 e. The third kappa shape index (κ3) is 3.87. The highest BCUT2D eigenvalue weighted by Gasteiger charge is 2.19. The minimum atomic E-state index is -0.981. The first-order valence-corrected chi connectivity index (χ1v) is 5.70. The smallest absolute Gasteiger partial charge is 0.339 e. The van der Waals surface area contributed by atoms with Gasteiger partial charge in [0, 0.05) is 0 Å². The molecule has 0 bridgehead atoms. The van der Waals surface area contributed by atoms with E-state index in [1.165, 1.54) is 0 Å². The van der Waals surface area contributed by atoms with Crippen LogP contribution in [0, 0.1) is 0 Å². The molecule has 1 rings (SSSR count). The van der Waals surface area contributed by atoms with Gasteiger partial charge in [-0.25, -0.2) is 9.59 Å². The summed E-state index contributed by atoms with van der Waals surface area (Å²) in [5.74, 6) is -1.95. The van der Waals surface area contributed by atoms with E-state index in [1.807, 2.05) is 0 Å². The van der Waals surface area contributed by atoms with Gasteiger partial charge in [-0.2, -0.15) is 0 Å². The highest BCUT2D eigenvalue weighted by molar-refractivity contribution is 6.03. The Morgan fingerprint density at radius 1 is 1.22 bits per heavy atom. The number of benzene rings is 1. The second kappa shape index (κ2) is 6.79. The molecule has 0 saturated carbocycles. The van der Waals surface area contributed by atoms with Gasteiger partial charge in [0.15, 0.2) is 0 Å². The molecule has 0 unspecified atom stereocenters. The van der Waals surface area contributed by atoms with E-state index >= 15 is 0 Å². The van der Waals surface area contributed by atoms with Gasteiger partial charge in [0.05, 0.1) is 29.3 Å². The van der Waals surface area contributed by atoms with Crippen molar-refractivity contribution in [3.05, 3.63) is 35.3 Å². The second-order valence-electron chi connectivity index (χ2n) is 3.84. The van der Waals surface area contributed by atoms with E-state index in [2.05, 4.69) is 0 Å². The maximum absolute atomic E-state index is 12.1. The Kier molecular flexibility index (Phi) is 3.45. The molecule has 0 aromatic heterocycles. The first kappa shape index (κ1) is 9.14. The lowest BCUT2D eigenvalue weighted by atomic mass is 10.1. The lowest BCUT2D eigenvalue weighted by Crippen LogP contribution is -2.17. The van der Waals surface area contributed by atoms with Gasteiger partial charge in [-0.15, -0.1) is 0 Å². The molecule has 18 heavy (non-hydrogen) atoms. The Morgan fingerprint density at radius 3 is 2.28 bits per heavy atom. The molecule has 1 aromatic rings. The summed E-state index contributed by atoms with van der Waals surface area (Å²) in [6, 6.07) is -2.43. The Hall–Kier alpha value is -1.84. The predicted octanol–water partition coefficient (Wildman–Crippen LogP) is 2.82. The van der Waals surface area contributed by atoms with Crippen LogP contribution in [0.25, 0.3) is 0 Å². The SMILES string of the molecule is [2H]c1c([2H])c([2H])c(C(=O)OC(C)C)c(C(=O)OCCC)c1[2H]. The molecular formula is C14H18O4. The van der Waals surface area contributed by atoms with E-state index < -0.39 is 53.3 Å². The van der Waals surface area contributed by atoms with Crippen LogP contribution in [0.15, 0.2) is 24.2 Å². The van der Waals surface area contributed by atoms with Crippen molar-refractivity contribution in [1.29, 1.82) is 0 Å². The summed E-state index contributed by atoms with van der Waals surface area (Å²) < 4.78 is 40.8. The zero-order chi connectivity index (χ0) is 17.0. The molecule has 0 aliphatic rings. The normalized spacial score (nSPS) is 13.3. The zero-order valence-corrected chi connectivity index (χ0v) is 10.6. The first-order chi connectivity index (χ1) is 10.2. The van der Waals surface area contributed by atoms with Crippen molar-refractivity contribution < 1.29 is 24.5 Å². The molecule has 98 valence electrons. The van der Waals surface area contributed by atoms with Crippen LogP contribution in [0.5, 0.6) is 0 Å². The third-order valence-corrected chi connectivity index (χ3v) is 1.88. The van der Waals surface area contributed by atoms with Gasteiger partial charge in [-0.1, -0.05) is 19.0 Å². The van der Waals surface area contributed by atoms with Gasteiger partial charge in [-0.3, -0.25) is 0 Å². The molecule has 0 N–H and O–H groups in total. The number of ether oxygens (including phenoxy) is 2. The van der Waals surface area contributed by atoms with Crippen LogP contribution in [0.2, 0.25) is 0 Å². The average molecular weight is 254 g/mol. The van der Waals surface area contributed by atoms with Crippen LogP contribution in [-0.4, -0.2) is 24.6 Å². The van der Waals surface area contributed by atoms with Crippen molar-refractivity contribution in [3.8, 4) is 0 Å². The van der Waals surface area contributed by atoms with Crippen LogP contribution in [0.3, 0.4) is 0 Å². The molecule has 1 aromatic carbocycles. The summed E-state index contributed by atoms with van der Waals surface area (Å²) in [6.07, 6.45) is 0.0495. The van der Waals surface area contributed by atoms with E-state index in [9.17, 15) is 9.59 Å². The summed E-state index contributed by atoms with van der Waals surface area (Å²) in [5.41, 5.74) is -0.995. The molecule has 0 saturated heterocycles. The fraction of sp³-hybridized carbons (Fsp3) is 0.429. The van der Waals surface area contributed by atoms with Gasteiger partial charge < -0.3 is 9.47 Å². The van der Waals surface area contributed by atoms with Gasteiger partial charge in [0.2, 0.25) is 0 Å². The highest BCUT2D eigenvalue weighted by atomic mass is 16.5. The minimum Gasteiger partial charge on any atom is -0.462 e. The Morgan fingerprint density at radius 2 is 1.78 bits per heavy atom. The van der Waals surface area contributed by atoms with Crippen molar-refractivity contribution in [3.63, 3.8) is 0 Å². The number of hydrogen-bond acceptors (Lipinski definition) is 4. The first-order valence-electron chi connectivity index (χ1n) is 7.70. The predicted molar refractivity (Wildman–Crippen MR) is 67.6 cm³/mol. The topological polar surface area (TPSA) is 52.6 Å². The van der Waals surface area contributed by atoms with Gasteiger partial charge >= 0.3 is 11.9 Å². The number of rotatable bonds is 5. The van der Waals surface area contributed by atoms with Crippen LogP contribution < -0.4 is 0 Å². The monoisotopic (exact) mass is 254 g/mol. The van der Waals surface area contributed by atoms with E-state index in [4.69, 9.17) is 15.0 Å². The number of carbonyl (C=O) groups excluding carboxylic acids is 2. The summed E-state index contributed by atoms with van der Waals surface area (Å²) in [7, 11) is 0. The summed E-state index contributed by atoms with van der Waals surface area (Å²) in [5, 5.41) is 0. The van der Waals surface area contributed by atoms with Crippen molar-refractivity contribution >= 4 is 11.9 Å². The molecule has 0 atom stereocenters.